The fraction of sp³-hybridized carbons (Fsp3) is 0.833. The van der Waals surface area contributed by atoms with Gasteiger partial charge in [0.25, 0.3) is 0 Å². The van der Waals surface area contributed by atoms with Crippen molar-refractivity contribution in [1.29, 1.82) is 0 Å². The number of aliphatic carboxylic acids is 1. The average Bonchev–Trinajstić information content (AvgIpc) is 3.34. The van der Waals surface area contributed by atoms with E-state index < -0.39 is 11.6 Å². The molecule has 4 saturated carbocycles. The van der Waals surface area contributed by atoms with Gasteiger partial charge in [-0.05, 0) is 123 Å². The van der Waals surface area contributed by atoms with Crippen molar-refractivity contribution >= 4 is 5.97 Å². The standard InChI is InChI=1S/C30H48O4/c1-20(8-7-13-26(3,4)34)22-11-14-28(6)24-10-9-23(21(2)18-31)29(15-12-25(32)33)19-30(24,29)17-16-27(22,28)5/h7,13,20,22-24,31,34H,2,8-12,14-19H2,1,3-6H3,(H,32,33)/b13-7+/t20-,22-,23+,24+,27-,28+,29-,30+/m1/s1. The highest BCUT2D eigenvalue weighted by Crippen LogP contribution is 2.87. The molecule has 0 heterocycles. The first-order valence-electron chi connectivity index (χ1n) is 13.7. The highest BCUT2D eigenvalue weighted by atomic mass is 16.4. The van der Waals surface area contributed by atoms with Gasteiger partial charge in [0.1, 0.15) is 0 Å². The average molecular weight is 473 g/mol. The lowest BCUT2D eigenvalue weighted by molar-refractivity contribution is -0.139. The Bertz CT molecular complexity index is 854. The Labute approximate surface area is 206 Å². The van der Waals surface area contributed by atoms with E-state index in [-0.39, 0.29) is 35.2 Å². The van der Waals surface area contributed by atoms with Gasteiger partial charge in [-0.3, -0.25) is 4.79 Å². The molecule has 4 aliphatic rings. The monoisotopic (exact) mass is 472 g/mol. The van der Waals surface area contributed by atoms with E-state index in [1.807, 2.05) is 19.9 Å². The number of fused-ring (bicyclic) bond motifs is 2. The number of hydrogen-bond acceptors (Lipinski definition) is 3. The molecule has 0 amide bonds. The maximum Gasteiger partial charge on any atom is 0.303 e. The van der Waals surface area contributed by atoms with E-state index in [1.54, 1.807) is 0 Å². The largest absolute Gasteiger partial charge is 0.481 e. The van der Waals surface area contributed by atoms with Crippen LogP contribution in [0, 0.1) is 45.3 Å². The van der Waals surface area contributed by atoms with Crippen LogP contribution >= 0.6 is 0 Å². The molecule has 0 aliphatic heterocycles. The first-order chi connectivity index (χ1) is 15.8. The van der Waals surface area contributed by atoms with E-state index in [4.69, 9.17) is 0 Å². The van der Waals surface area contributed by atoms with E-state index in [1.165, 1.54) is 32.1 Å². The number of carboxylic acids is 1. The zero-order valence-electron chi connectivity index (χ0n) is 22.2. The molecule has 4 nitrogen and oxygen atoms in total. The summed E-state index contributed by atoms with van der Waals surface area (Å²) in [6.07, 6.45) is 14.4. The number of aliphatic hydroxyl groups is 2. The van der Waals surface area contributed by atoms with Crippen molar-refractivity contribution in [3.8, 4) is 0 Å². The third-order valence-electron chi connectivity index (χ3n) is 11.7. The van der Waals surface area contributed by atoms with Gasteiger partial charge in [0.15, 0.2) is 0 Å². The zero-order valence-corrected chi connectivity index (χ0v) is 22.2. The van der Waals surface area contributed by atoms with Crippen LogP contribution in [0.2, 0.25) is 0 Å². The Morgan fingerprint density at radius 1 is 1.15 bits per heavy atom. The Kier molecular flexibility index (Phi) is 6.47. The zero-order chi connectivity index (χ0) is 25.2. The minimum atomic E-state index is -0.756. The second-order valence-electron chi connectivity index (χ2n) is 13.6. The van der Waals surface area contributed by atoms with Crippen LogP contribution in [0.1, 0.15) is 98.8 Å². The number of rotatable bonds is 9. The Morgan fingerprint density at radius 2 is 1.85 bits per heavy atom. The summed E-state index contributed by atoms with van der Waals surface area (Å²) < 4.78 is 0. The predicted molar refractivity (Wildman–Crippen MR) is 136 cm³/mol. The van der Waals surface area contributed by atoms with Crippen molar-refractivity contribution in [2.75, 3.05) is 6.61 Å². The summed E-state index contributed by atoms with van der Waals surface area (Å²) >= 11 is 0. The normalized spacial score (nSPS) is 44.3. The minimum absolute atomic E-state index is 0.0208. The van der Waals surface area contributed by atoms with Crippen molar-refractivity contribution in [3.63, 3.8) is 0 Å². The fourth-order valence-corrected chi connectivity index (χ4v) is 9.99. The van der Waals surface area contributed by atoms with Gasteiger partial charge in [-0.25, -0.2) is 0 Å². The molecule has 0 aromatic carbocycles. The number of hydrogen-bond donors (Lipinski definition) is 3. The molecule has 0 unspecified atom stereocenters. The highest BCUT2D eigenvalue weighted by Gasteiger charge is 2.80. The van der Waals surface area contributed by atoms with Crippen molar-refractivity contribution in [3.05, 3.63) is 24.3 Å². The first kappa shape index (κ1) is 25.9. The molecule has 4 fully saturated rings. The molecule has 0 aromatic heterocycles. The van der Waals surface area contributed by atoms with E-state index in [2.05, 4.69) is 33.4 Å². The Hall–Kier alpha value is -1.13. The van der Waals surface area contributed by atoms with E-state index in [9.17, 15) is 20.1 Å². The van der Waals surface area contributed by atoms with Crippen LogP contribution in [0.5, 0.6) is 0 Å². The Balaban J connectivity index is 1.60. The van der Waals surface area contributed by atoms with Crippen LogP contribution in [0.3, 0.4) is 0 Å². The molecule has 4 aliphatic carbocycles. The molecule has 1 spiro atoms. The summed E-state index contributed by atoms with van der Waals surface area (Å²) in [5.41, 5.74) is 1.01. The number of carboxylic acid groups (broad SMARTS) is 1. The Morgan fingerprint density at radius 3 is 2.47 bits per heavy atom. The van der Waals surface area contributed by atoms with E-state index in [0.717, 1.165) is 31.3 Å². The second-order valence-corrected chi connectivity index (χ2v) is 13.6. The predicted octanol–water partition coefficient (Wildman–Crippen LogP) is 6.37. The van der Waals surface area contributed by atoms with Gasteiger partial charge in [0, 0.05) is 6.42 Å². The van der Waals surface area contributed by atoms with Crippen molar-refractivity contribution in [2.45, 2.75) is 104 Å². The molecule has 0 radical (unpaired) electrons. The summed E-state index contributed by atoms with van der Waals surface area (Å²) in [6, 6.07) is 0. The van der Waals surface area contributed by atoms with Crippen LogP contribution in [0.15, 0.2) is 24.3 Å². The van der Waals surface area contributed by atoms with Gasteiger partial charge >= 0.3 is 5.97 Å². The van der Waals surface area contributed by atoms with Crippen LogP contribution < -0.4 is 0 Å². The minimum Gasteiger partial charge on any atom is -0.481 e. The molecule has 0 aromatic rings. The number of allylic oxidation sites excluding steroid dienone is 1. The van der Waals surface area contributed by atoms with Gasteiger partial charge in [-0.1, -0.05) is 39.5 Å². The summed E-state index contributed by atoms with van der Waals surface area (Å²) in [7, 11) is 0. The van der Waals surface area contributed by atoms with Gasteiger partial charge in [0.2, 0.25) is 0 Å². The van der Waals surface area contributed by atoms with Crippen LogP contribution in [-0.4, -0.2) is 33.5 Å². The van der Waals surface area contributed by atoms with E-state index in [0.29, 0.717) is 23.2 Å². The quantitative estimate of drug-likeness (QED) is 0.341. The summed E-state index contributed by atoms with van der Waals surface area (Å²) in [6.45, 7) is 15.5. The molecule has 0 bridgehead atoms. The molecule has 0 saturated heterocycles. The maximum atomic E-state index is 11.6. The first-order valence-corrected chi connectivity index (χ1v) is 13.7. The van der Waals surface area contributed by atoms with Gasteiger partial charge in [0.05, 0.1) is 12.2 Å². The van der Waals surface area contributed by atoms with E-state index >= 15 is 0 Å². The van der Waals surface area contributed by atoms with Crippen molar-refractivity contribution in [1.82, 2.24) is 0 Å². The molecular weight excluding hydrogens is 424 g/mol. The molecule has 4 heteroatoms. The van der Waals surface area contributed by atoms with Gasteiger partial charge in [-0.2, -0.15) is 0 Å². The lowest BCUT2D eigenvalue weighted by Gasteiger charge is -2.61. The third-order valence-corrected chi connectivity index (χ3v) is 11.7. The summed E-state index contributed by atoms with van der Waals surface area (Å²) in [5.74, 6) is 1.47. The molecule has 192 valence electrons. The highest BCUT2D eigenvalue weighted by molar-refractivity contribution is 5.67. The number of carbonyl (C=O) groups is 1. The lowest BCUT2D eigenvalue weighted by atomic mass is 9.43. The van der Waals surface area contributed by atoms with Gasteiger partial charge < -0.3 is 15.3 Å². The van der Waals surface area contributed by atoms with Crippen molar-refractivity contribution < 1.29 is 20.1 Å². The number of aliphatic hydroxyl groups excluding tert-OH is 1. The maximum absolute atomic E-state index is 11.6. The molecule has 8 atom stereocenters. The fourth-order valence-electron chi connectivity index (χ4n) is 9.99. The summed E-state index contributed by atoms with van der Waals surface area (Å²) in [4.78, 5) is 11.6. The summed E-state index contributed by atoms with van der Waals surface area (Å²) in [5, 5.41) is 29.5. The SMILES string of the molecule is C=C(CO)[C@@H]1CC[C@@H]2[C@]3(CC[C@]4(C)[C@@H]([C@H](C)C/C=C/C(C)(C)O)CC[C@@]24C)C[C@]13CCC(=O)O. The second kappa shape index (κ2) is 8.47. The van der Waals surface area contributed by atoms with Crippen LogP contribution in [0.25, 0.3) is 0 Å². The smallest absolute Gasteiger partial charge is 0.303 e. The molecule has 4 rings (SSSR count). The van der Waals surface area contributed by atoms with Gasteiger partial charge in [-0.15, -0.1) is 0 Å². The van der Waals surface area contributed by atoms with Crippen LogP contribution in [0.4, 0.5) is 0 Å². The van der Waals surface area contributed by atoms with Crippen molar-refractivity contribution in [2.24, 2.45) is 45.3 Å². The molecule has 34 heavy (non-hydrogen) atoms. The van der Waals surface area contributed by atoms with Crippen LogP contribution in [-0.2, 0) is 4.79 Å². The molecular formula is C30H48O4. The topological polar surface area (TPSA) is 77.8 Å². The molecule has 3 N–H and O–H groups in total. The third kappa shape index (κ3) is 3.74. The lowest BCUT2D eigenvalue weighted by Crippen LogP contribution is -2.54.